The van der Waals surface area contributed by atoms with Gasteiger partial charge < -0.3 is 9.26 Å². The molecule has 2 aliphatic heterocycles. The normalized spacial score (nSPS) is 23.2. The minimum Gasteiger partial charge on any atom is -0.383 e. The van der Waals surface area contributed by atoms with Crippen LogP contribution in [0, 0.1) is 27.7 Å². The largest absolute Gasteiger partial charge is 0.383 e. The molecule has 0 spiro atoms. The van der Waals surface area contributed by atoms with Crippen LogP contribution in [0.4, 0.5) is 0 Å². The second-order valence-corrected chi connectivity index (χ2v) is 12.3. The Morgan fingerprint density at radius 2 is 1.76 bits per heavy atom. The summed E-state index contributed by atoms with van der Waals surface area (Å²) in [5, 5.41) is 3.90. The fraction of sp³-hybridized carbons (Fsp3) is 0.483. The first kappa shape index (κ1) is 26.1. The molecule has 1 unspecified atom stereocenters. The van der Waals surface area contributed by atoms with E-state index in [9.17, 15) is 8.42 Å². The highest BCUT2D eigenvalue weighted by molar-refractivity contribution is 7.89. The molecule has 0 saturated carbocycles. The molecular formula is C29H37N3O4S. The van der Waals surface area contributed by atoms with Gasteiger partial charge in [-0.1, -0.05) is 47.6 Å². The van der Waals surface area contributed by atoms with Crippen molar-refractivity contribution in [2.45, 2.75) is 63.4 Å². The van der Waals surface area contributed by atoms with E-state index in [2.05, 4.69) is 66.4 Å². The summed E-state index contributed by atoms with van der Waals surface area (Å²) in [6, 6.07) is 15.6. The van der Waals surface area contributed by atoms with Gasteiger partial charge in [0.15, 0.2) is 5.76 Å². The van der Waals surface area contributed by atoms with Crippen molar-refractivity contribution in [1.29, 1.82) is 0 Å². The molecule has 2 saturated heterocycles. The van der Waals surface area contributed by atoms with E-state index in [1.165, 1.54) is 27.8 Å². The molecule has 3 aromatic rings. The number of methoxy groups -OCH3 is 1. The molecular weight excluding hydrogens is 486 g/mol. The van der Waals surface area contributed by atoms with Crippen LogP contribution in [0.1, 0.15) is 46.9 Å². The first-order valence-electron chi connectivity index (χ1n) is 13.1. The third-order valence-corrected chi connectivity index (χ3v) is 10.4. The molecule has 0 radical (unpaired) electrons. The topological polar surface area (TPSA) is 75.9 Å². The smallest absolute Gasteiger partial charge is 0.248 e. The Morgan fingerprint density at radius 3 is 2.43 bits per heavy atom. The van der Waals surface area contributed by atoms with E-state index in [0.717, 1.165) is 19.4 Å². The lowest BCUT2D eigenvalue weighted by Crippen LogP contribution is -2.68. The van der Waals surface area contributed by atoms with E-state index < -0.39 is 10.0 Å². The van der Waals surface area contributed by atoms with E-state index in [1.807, 2.05) is 0 Å². The van der Waals surface area contributed by atoms with Crippen LogP contribution < -0.4 is 0 Å². The maximum absolute atomic E-state index is 13.7. The van der Waals surface area contributed by atoms with E-state index in [4.69, 9.17) is 9.26 Å². The van der Waals surface area contributed by atoms with Gasteiger partial charge in [-0.25, -0.2) is 8.42 Å². The summed E-state index contributed by atoms with van der Waals surface area (Å²) in [7, 11) is -1.97. The van der Waals surface area contributed by atoms with Gasteiger partial charge in [-0.15, -0.1) is 0 Å². The number of hydrogen-bond acceptors (Lipinski definition) is 6. The molecule has 7 nitrogen and oxygen atoms in total. The van der Waals surface area contributed by atoms with Crippen molar-refractivity contribution in [3.05, 3.63) is 70.6 Å². The number of aryl methyl sites for hydroxylation is 3. The van der Waals surface area contributed by atoms with Crippen molar-refractivity contribution in [3.8, 4) is 11.1 Å². The zero-order valence-corrected chi connectivity index (χ0v) is 23.2. The first-order valence-corrected chi connectivity index (χ1v) is 14.5. The highest BCUT2D eigenvalue weighted by Crippen LogP contribution is 2.43. The number of hydrogen-bond donors (Lipinski definition) is 0. The first-order chi connectivity index (χ1) is 17.7. The van der Waals surface area contributed by atoms with E-state index >= 15 is 0 Å². The minimum absolute atomic E-state index is 0.0854. The molecule has 5 rings (SSSR count). The second-order valence-electron chi connectivity index (χ2n) is 10.4. The number of aromatic nitrogens is 1. The molecule has 37 heavy (non-hydrogen) atoms. The highest BCUT2D eigenvalue weighted by Gasteiger charge is 2.50. The van der Waals surface area contributed by atoms with Crippen LogP contribution in [0.15, 0.2) is 51.9 Å². The molecule has 2 aromatic carbocycles. The number of benzene rings is 2. The van der Waals surface area contributed by atoms with Crippen LogP contribution in [0.3, 0.4) is 0 Å². The summed E-state index contributed by atoms with van der Waals surface area (Å²) in [6.07, 6.45) is 1.77. The monoisotopic (exact) mass is 523 g/mol. The van der Waals surface area contributed by atoms with Gasteiger partial charge in [-0.05, 0) is 74.9 Å². The Kier molecular flexibility index (Phi) is 7.29. The summed E-state index contributed by atoms with van der Waals surface area (Å²) >= 11 is 0. The van der Waals surface area contributed by atoms with Crippen molar-refractivity contribution in [3.63, 3.8) is 0 Å². The van der Waals surface area contributed by atoms with Gasteiger partial charge in [-0.3, -0.25) is 4.90 Å². The molecule has 3 atom stereocenters. The van der Waals surface area contributed by atoms with Crippen LogP contribution >= 0.6 is 0 Å². The van der Waals surface area contributed by atoms with Crippen molar-refractivity contribution >= 4 is 10.0 Å². The Bertz CT molecular complexity index is 1350. The van der Waals surface area contributed by atoms with Crippen molar-refractivity contribution in [2.75, 3.05) is 33.4 Å². The predicted octanol–water partition coefficient (Wildman–Crippen LogP) is 4.84. The summed E-state index contributed by atoms with van der Waals surface area (Å²) in [6.45, 7) is 10.2. The Balaban J connectivity index is 1.46. The average molecular weight is 524 g/mol. The Hall–Kier alpha value is -2.52. The minimum atomic E-state index is -3.71. The van der Waals surface area contributed by atoms with Gasteiger partial charge >= 0.3 is 0 Å². The quantitative estimate of drug-likeness (QED) is 0.460. The lowest BCUT2D eigenvalue weighted by molar-refractivity contribution is -0.0635. The van der Waals surface area contributed by atoms with E-state index in [1.54, 1.807) is 25.3 Å². The zero-order valence-electron chi connectivity index (χ0n) is 22.4. The van der Waals surface area contributed by atoms with Gasteiger partial charge in [0.2, 0.25) is 10.0 Å². The lowest BCUT2D eigenvalue weighted by Gasteiger charge is -2.57. The van der Waals surface area contributed by atoms with Crippen LogP contribution in [-0.4, -0.2) is 68.2 Å². The number of fused-ring (bicyclic) bond motifs is 1. The third kappa shape index (κ3) is 4.65. The predicted molar refractivity (Wildman–Crippen MR) is 144 cm³/mol. The molecule has 0 bridgehead atoms. The van der Waals surface area contributed by atoms with Gasteiger partial charge in [0.05, 0.1) is 6.61 Å². The summed E-state index contributed by atoms with van der Waals surface area (Å²) in [5.41, 5.74) is 6.67. The average Bonchev–Trinajstić information content (AvgIpc) is 3.20. The van der Waals surface area contributed by atoms with Gasteiger partial charge in [0.1, 0.15) is 10.6 Å². The molecule has 3 heterocycles. The maximum Gasteiger partial charge on any atom is 0.248 e. The molecule has 0 aliphatic carbocycles. The second kappa shape index (κ2) is 10.3. The summed E-state index contributed by atoms with van der Waals surface area (Å²) in [4.78, 5) is 2.66. The van der Waals surface area contributed by atoms with Crippen molar-refractivity contribution in [1.82, 2.24) is 14.4 Å². The van der Waals surface area contributed by atoms with Crippen LogP contribution in [0.5, 0.6) is 0 Å². The third-order valence-electron chi connectivity index (χ3n) is 8.26. The summed E-state index contributed by atoms with van der Waals surface area (Å²) in [5.74, 6) is 0.536. The molecule has 8 heteroatoms. The fourth-order valence-electron chi connectivity index (χ4n) is 6.20. The summed E-state index contributed by atoms with van der Waals surface area (Å²) < 4.78 is 39.9. The molecule has 1 aromatic heterocycles. The SMILES string of the molecule is COC[C@@H]1[C@@H](c2ccc(-c3cccc(C)c3C)cc2)C2CN(S(=O)(=O)c3c(C)noc3C)CCCCN21. The van der Waals surface area contributed by atoms with Gasteiger partial charge in [0.25, 0.3) is 0 Å². The molecule has 2 fully saturated rings. The van der Waals surface area contributed by atoms with Crippen LogP contribution in [0.2, 0.25) is 0 Å². The van der Waals surface area contributed by atoms with Crippen molar-refractivity contribution < 1.29 is 17.7 Å². The Morgan fingerprint density at radius 1 is 1.03 bits per heavy atom. The van der Waals surface area contributed by atoms with Crippen molar-refractivity contribution in [2.24, 2.45) is 0 Å². The molecule has 0 N–H and O–H groups in total. The molecule has 0 amide bonds. The van der Waals surface area contributed by atoms with Gasteiger partial charge in [-0.2, -0.15) is 4.31 Å². The number of nitrogens with zero attached hydrogens (tertiary/aromatic N) is 3. The zero-order chi connectivity index (χ0) is 26.3. The number of sulfonamides is 1. The fourth-order valence-corrected chi connectivity index (χ4v) is 7.99. The van der Waals surface area contributed by atoms with Crippen LogP contribution in [-0.2, 0) is 14.8 Å². The molecule has 2 aliphatic rings. The van der Waals surface area contributed by atoms with E-state index in [-0.39, 0.29) is 22.9 Å². The van der Waals surface area contributed by atoms with Gasteiger partial charge in [0, 0.05) is 38.2 Å². The standard InChI is InChI=1S/C29H37N3O4S/c1-19-9-8-10-25(20(19)2)23-11-13-24(14-12-23)28-26-17-31(15-6-7-16-32(26)27(28)18-35-5)37(33,34)29-21(3)30-36-22(29)4/h8-14,26-28H,6-7,15-18H2,1-5H3/t26?,27-,28+/m1/s1. The number of rotatable bonds is 6. The molecule has 198 valence electrons. The Labute approximate surface area is 220 Å². The number of ether oxygens (including phenoxy) is 1. The lowest BCUT2D eigenvalue weighted by atomic mass is 9.74. The maximum atomic E-state index is 13.7. The van der Waals surface area contributed by atoms with E-state index in [0.29, 0.717) is 31.2 Å². The van der Waals surface area contributed by atoms with Crippen LogP contribution in [0.25, 0.3) is 11.1 Å². The highest BCUT2D eigenvalue weighted by atomic mass is 32.2.